The van der Waals surface area contributed by atoms with Gasteiger partial charge in [0.2, 0.25) is 0 Å². The molecule has 1 saturated carbocycles. The number of carbonyl (C=O) groups excluding carboxylic acids is 1. The zero-order chi connectivity index (χ0) is 17.5. The van der Waals surface area contributed by atoms with E-state index < -0.39 is 5.79 Å². The average molecular weight is 334 g/mol. The minimum atomic E-state index is -1.17. The second kappa shape index (κ2) is 4.93. The fourth-order valence-corrected chi connectivity index (χ4v) is 6.26. The van der Waals surface area contributed by atoms with Crippen LogP contribution >= 0.6 is 0 Å². The molecule has 4 rings (SSSR count). The average Bonchev–Trinajstić information content (AvgIpc) is 2.94. The van der Waals surface area contributed by atoms with Gasteiger partial charge in [0.1, 0.15) is 0 Å². The van der Waals surface area contributed by atoms with Gasteiger partial charge in [0.15, 0.2) is 11.6 Å². The lowest BCUT2D eigenvalue weighted by Crippen LogP contribution is -2.58. The zero-order valence-electron chi connectivity index (χ0n) is 15.3. The molecular formula is C20H30O4. The number of ketones is 1. The SMILES string of the molecule is CC(C)C1=C2[C@H]3C[C@H]4O[C@](O)(C[C@H]4CO)[C@]3(C)CC[C@@]2(C)CC1=O. The number of aliphatic hydroxyl groups excluding tert-OH is 1. The van der Waals surface area contributed by atoms with Crippen molar-refractivity contribution in [2.45, 2.75) is 71.7 Å². The van der Waals surface area contributed by atoms with Crippen LogP contribution in [0.2, 0.25) is 0 Å². The van der Waals surface area contributed by atoms with E-state index in [2.05, 4.69) is 27.7 Å². The third-order valence-corrected chi connectivity index (χ3v) is 7.69. The number of allylic oxidation sites excluding steroid dienone is 2. The van der Waals surface area contributed by atoms with Gasteiger partial charge in [-0.25, -0.2) is 0 Å². The van der Waals surface area contributed by atoms with Crippen molar-refractivity contribution in [3.8, 4) is 0 Å². The number of fused-ring (bicyclic) bond motifs is 6. The fourth-order valence-electron chi connectivity index (χ4n) is 6.26. The summed E-state index contributed by atoms with van der Waals surface area (Å²) in [6.45, 7) is 8.65. The third kappa shape index (κ3) is 1.88. The van der Waals surface area contributed by atoms with E-state index in [1.807, 2.05) is 0 Å². The Morgan fingerprint density at radius 3 is 2.62 bits per heavy atom. The second-order valence-electron chi connectivity index (χ2n) is 9.44. The molecule has 3 fully saturated rings. The number of Topliss-reactive ketones (excluding diaryl/α,β-unsaturated/α-hetero) is 1. The van der Waals surface area contributed by atoms with Crippen LogP contribution in [0.4, 0.5) is 0 Å². The Labute approximate surface area is 144 Å². The van der Waals surface area contributed by atoms with E-state index >= 15 is 0 Å². The first kappa shape index (κ1) is 16.7. The summed E-state index contributed by atoms with van der Waals surface area (Å²) < 4.78 is 6.05. The first-order valence-electron chi connectivity index (χ1n) is 9.44. The molecule has 0 spiro atoms. The maximum atomic E-state index is 12.8. The first-order valence-corrected chi connectivity index (χ1v) is 9.44. The van der Waals surface area contributed by atoms with Gasteiger partial charge in [-0.3, -0.25) is 4.79 Å². The normalized spacial score (nSPS) is 50.5. The van der Waals surface area contributed by atoms with E-state index in [0.717, 1.165) is 24.8 Å². The smallest absolute Gasteiger partial charge is 0.172 e. The predicted octanol–water partition coefficient (Wildman–Crippen LogP) is 2.82. The van der Waals surface area contributed by atoms with Crippen molar-refractivity contribution in [3.05, 3.63) is 11.1 Å². The zero-order valence-corrected chi connectivity index (χ0v) is 15.3. The lowest BCUT2D eigenvalue weighted by molar-refractivity contribution is -0.304. The number of hydrogen-bond donors (Lipinski definition) is 2. The van der Waals surface area contributed by atoms with Crippen molar-refractivity contribution < 1.29 is 19.7 Å². The molecule has 6 atom stereocenters. The molecule has 0 aromatic heterocycles. The van der Waals surface area contributed by atoms with Crippen LogP contribution in [0.1, 0.15) is 59.8 Å². The summed E-state index contributed by atoms with van der Waals surface area (Å²) in [6.07, 6.45) is 3.65. The van der Waals surface area contributed by atoms with Crippen molar-refractivity contribution in [1.29, 1.82) is 0 Å². The summed E-state index contributed by atoms with van der Waals surface area (Å²) in [6, 6.07) is 0. The summed E-state index contributed by atoms with van der Waals surface area (Å²) in [5.41, 5.74) is 1.90. The van der Waals surface area contributed by atoms with Crippen LogP contribution in [0.15, 0.2) is 11.1 Å². The molecule has 24 heavy (non-hydrogen) atoms. The molecule has 0 aromatic carbocycles. The van der Waals surface area contributed by atoms with E-state index in [1.54, 1.807) is 0 Å². The molecule has 2 heterocycles. The fraction of sp³-hybridized carbons (Fsp3) is 0.850. The summed E-state index contributed by atoms with van der Waals surface area (Å²) >= 11 is 0. The van der Waals surface area contributed by atoms with Crippen LogP contribution in [0.5, 0.6) is 0 Å². The van der Waals surface area contributed by atoms with E-state index in [1.165, 1.54) is 5.57 Å². The maximum Gasteiger partial charge on any atom is 0.172 e. The molecule has 134 valence electrons. The van der Waals surface area contributed by atoms with E-state index in [9.17, 15) is 15.0 Å². The van der Waals surface area contributed by atoms with Gasteiger partial charge in [-0.05, 0) is 42.1 Å². The molecule has 2 aliphatic heterocycles. The van der Waals surface area contributed by atoms with Crippen molar-refractivity contribution in [2.24, 2.45) is 28.6 Å². The van der Waals surface area contributed by atoms with Crippen molar-refractivity contribution in [1.82, 2.24) is 0 Å². The summed E-state index contributed by atoms with van der Waals surface area (Å²) in [7, 11) is 0. The third-order valence-electron chi connectivity index (χ3n) is 7.69. The molecule has 4 aliphatic rings. The Bertz CT molecular complexity index is 623. The minimum absolute atomic E-state index is 0.00360. The van der Waals surface area contributed by atoms with Crippen molar-refractivity contribution >= 4 is 5.78 Å². The Balaban J connectivity index is 1.87. The Kier molecular flexibility index (Phi) is 3.44. The molecule has 0 amide bonds. The number of hydrogen-bond acceptors (Lipinski definition) is 4. The number of carbonyl (C=O) groups is 1. The van der Waals surface area contributed by atoms with E-state index in [4.69, 9.17) is 4.74 Å². The van der Waals surface area contributed by atoms with Gasteiger partial charge in [-0.2, -0.15) is 0 Å². The monoisotopic (exact) mass is 334 g/mol. The van der Waals surface area contributed by atoms with Crippen molar-refractivity contribution in [2.75, 3.05) is 6.61 Å². The largest absolute Gasteiger partial charge is 0.396 e. The Morgan fingerprint density at radius 2 is 2.00 bits per heavy atom. The highest BCUT2D eigenvalue weighted by Gasteiger charge is 2.68. The molecule has 2 aliphatic carbocycles. The second-order valence-corrected chi connectivity index (χ2v) is 9.44. The molecule has 0 aromatic rings. The first-order chi connectivity index (χ1) is 11.2. The summed E-state index contributed by atoms with van der Waals surface area (Å²) in [5.74, 6) is -0.461. The van der Waals surface area contributed by atoms with Crippen LogP contribution in [-0.2, 0) is 9.53 Å². The van der Waals surface area contributed by atoms with Gasteiger partial charge >= 0.3 is 0 Å². The molecule has 4 heteroatoms. The quantitative estimate of drug-likeness (QED) is 0.815. The number of rotatable bonds is 2. The summed E-state index contributed by atoms with van der Waals surface area (Å²) in [4.78, 5) is 12.8. The summed E-state index contributed by atoms with van der Waals surface area (Å²) in [5, 5.41) is 21.0. The highest BCUT2D eigenvalue weighted by molar-refractivity contribution is 6.00. The van der Waals surface area contributed by atoms with Crippen LogP contribution < -0.4 is 0 Å². The topological polar surface area (TPSA) is 66.8 Å². The van der Waals surface area contributed by atoms with Gasteiger partial charge in [-0.1, -0.05) is 33.3 Å². The standard InChI is InChI=1S/C20H30O4/c1-11(2)16-14(22)9-18(3)5-6-19(4)13(17(16)18)7-15-12(10-21)8-20(19,23)24-15/h11-13,15,21,23H,5-10H2,1-4H3/t12-,13+,15+,18-,19+,20+/m0/s1. The van der Waals surface area contributed by atoms with Gasteiger partial charge in [0.05, 0.1) is 6.10 Å². The Morgan fingerprint density at radius 1 is 1.29 bits per heavy atom. The van der Waals surface area contributed by atoms with Crippen molar-refractivity contribution in [3.63, 3.8) is 0 Å². The molecule has 0 radical (unpaired) electrons. The van der Waals surface area contributed by atoms with Gasteiger partial charge in [0.25, 0.3) is 0 Å². The van der Waals surface area contributed by atoms with Gasteiger partial charge in [-0.15, -0.1) is 0 Å². The van der Waals surface area contributed by atoms with Crippen LogP contribution in [-0.4, -0.2) is 34.5 Å². The molecule has 2 saturated heterocycles. The molecule has 0 unspecified atom stereocenters. The molecule has 2 bridgehead atoms. The highest BCUT2D eigenvalue weighted by atomic mass is 16.6. The highest BCUT2D eigenvalue weighted by Crippen LogP contribution is 2.68. The lowest BCUT2D eigenvalue weighted by atomic mass is 9.52. The predicted molar refractivity (Wildman–Crippen MR) is 90.1 cm³/mol. The maximum absolute atomic E-state index is 12.8. The Hall–Kier alpha value is -0.710. The molecular weight excluding hydrogens is 304 g/mol. The number of aliphatic hydroxyl groups is 2. The van der Waals surface area contributed by atoms with Crippen LogP contribution in [0.25, 0.3) is 0 Å². The van der Waals surface area contributed by atoms with Crippen LogP contribution in [0.3, 0.4) is 0 Å². The molecule has 4 nitrogen and oxygen atoms in total. The van der Waals surface area contributed by atoms with Gasteiger partial charge < -0.3 is 14.9 Å². The van der Waals surface area contributed by atoms with Gasteiger partial charge in [0, 0.05) is 30.8 Å². The minimum Gasteiger partial charge on any atom is -0.396 e. The van der Waals surface area contributed by atoms with E-state index in [-0.39, 0.29) is 41.3 Å². The number of ether oxygens (including phenoxy) is 1. The van der Waals surface area contributed by atoms with Crippen LogP contribution in [0, 0.1) is 28.6 Å². The lowest BCUT2D eigenvalue weighted by Gasteiger charge is -2.57. The molecule has 2 N–H and O–H groups in total. The van der Waals surface area contributed by atoms with E-state index in [0.29, 0.717) is 18.6 Å².